The molecule has 0 spiro atoms. The van der Waals surface area contributed by atoms with E-state index in [4.69, 9.17) is 9.90 Å². The smallest absolute Gasteiger partial charge is 0.0752 e. The number of aliphatic carboxylic acids is 1. The Kier molecular flexibility index (Phi) is 24.4. The molecule has 0 aliphatic rings. The third kappa shape index (κ3) is 57.5. The molecule has 4 heteroatoms. The lowest BCUT2D eigenvalue weighted by Crippen LogP contribution is -2.84. The van der Waals surface area contributed by atoms with Crippen molar-refractivity contribution in [1.29, 1.82) is 0 Å². The lowest BCUT2D eigenvalue weighted by Gasteiger charge is -1.92. The van der Waals surface area contributed by atoms with Crippen LogP contribution in [0.3, 0.4) is 0 Å². The van der Waals surface area contributed by atoms with Gasteiger partial charge in [-0.2, -0.15) is 0 Å². The highest BCUT2D eigenvalue weighted by Gasteiger charge is 1.80. The first-order valence-electron chi connectivity index (χ1n) is 4.14. The van der Waals surface area contributed by atoms with Crippen LogP contribution in [0.2, 0.25) is 0 Å². The molecule has 0 aliphatic carbocycles. The van der Waals surface area contributed by atoms with Crippen molar-refractivity contribution in [3.63, 3.8) is 0 Å². The van der Waals surface area contributed by atoms with Gasteiger partial charge < -0.3 is 20.7 Å². The first kappa shape index (κ1) is 17.5. The molecule has 0 heterocycles. The summed E-state index contributed by atoms with van der Waals surface area (Å²) in [4.78, 5) is 8.89. The molecule has 0 amide bonds. The Morgan fingerprint density at radius 1 is 1.25 bits per heavy atom. The predicted octanol–water partition coefficient (Wildman–Crippen LogP) is -1.70. The van der Waals surface area contributed by atoms with Crippen molar-refractivity contribution in [3.05, 3.63) is 0 Å². The number of carbonyl (C=O) groups excluding carboxylic acids is 1. The van der Waals surface area contributed by atoms with Crippen LogP contribution >= 0.6 is 0 Å². The molecule has 0 aromatic heterocycles. The first-order chi connectivity index (χ1) is 5.15. The average molecular weight is 179 g/mol. The van der Waals surface area contributed by atoms with Crippen molar-refractivity contribution in [1.82, 2.24) is 0 Å². The Morgan fingerprint density at radius 3 is 1.67 bits per heavy atom. The zero-order chi connectivity index (χ0) is 9.11. The van der Waals surface area contributed by atoms with Crippen LogP contribution in [0.25, 0.3) is 0 Å². The molecule has 0 aromatic rings. The molecule has 4 N–H and O–H groups in total. The van der Waals surface area contributed by atoms with Gasteiger partial charge in [0.15, 0.2) is 0 Å². The van der Waals surface area contributed by atoms with E-state index in [0.29, 0.717) is 0 Å². The van der Waals surface area contributed by atoms with Crippen molar-refractivity contribution in [2.24, 2.45) is 0 Å². The third-order valence-corrected chi connectivity index (χ3v) is 0.986. The Morgan fingerprint density at radius 2 is 1.50 bits per heavy atom. The fourth-order valence-electron chi connectivity index (χ4n) is 0.553. The highest BCUT2D eigenvalue weighted by atomic mass is 16.4. The molecule has 0 aliphatic heterocycles. The fourth-order valence-corrected chi connectivity index (χ4v) is 0.553. The molecule has 0 saturated carbocycles. The maximum Gasteiger partial charge on any atom is 0.0752 e. The predicted molar refractivity (Wildman–Crippen MR) is 46.5 cm³/mol. The summed E-state index contributed by atoms with van der Waals surface area (Å²) in [6.07, 6.45) is 2.61. The highest BCUT2D eigenvalue weighted by molar-refractivity contribution is 5.60. The molecule has 0 fully saturated rings. The summed E-state index contributed by atoms with van der Waals surface area (Å²) in [6.45, 7) is 8.00. The SMILES string of the molecule is CC(=O)[O-].CCC[NH2+]CCC.O. The summed E-state index contributed by atoms with van der Waals surface area (Å²) in [5, 5.41) is 11.2. The summed E-state index contributed by atoms with van der Waals surface area (Å²) >= 11 is 0. The zero-order valence-electron chi connectivity index (χ0n) is 8.22. The van der Waals surface area contributed by atoms with E-state index < -0.39 is 5.97 Å². The minimum absolute atomic E-state index is 0. The van der Waals surface area contributed by atoms with Gasteiger partial charge in [-0.25, -0.2) is 0 Å². The van der Waals surface area contributed by atoms with Crippen LogP contribution in [-0.2, 0) is 4.79 Å². The van der Waals surface area contributed by atoms with Crippen LogP contribution in [0, 0.1) is 0 Å². The number of hydrogen-bond donors (Lipinski definition) is 1. The Bertz CT molecular complexity index is 78.4. The van der Waals surface area contributed by atoms with Crippen LogP contribution in [0.1, 0.15) is 33.6 Å². The number of quaternary nitrogens is 1. The molecule has 0 radical (unpaired) electrons. The van der Waals surface area contributed by atoms with Crippen LogP contribution < -0.4 is 10.4 Å². The molecule has 76 valence electrons. The Balaban J connectivity index is -0.000000142. The third-order valence-electron chi connectivity index (χ3n) is 0.986. The molecule has 4 nitrogen and oxygen atoms in total. The van der Waals surface area contributed by atoms with E-state index in [9.17, 15) is 0 Å². The van der Waals surface area contributed by atoms with Gasteiger partial charge in [0.1, 0.15) is 0 Å². The van der Waals surface area contributed by atoms with Gasteiger partial charge in [0.25, 0.3) is 0 Å². The summed E-state index contributed by atoms with van der Waals surface area (Å²) in [5.41, 5.74) is 0. The van der Waals surface area contributed by atoms with Crippen molar-refractivity contribution in [3.8, 4) is 0 Å². The monoisotopic (exact) mass is 179 g/mol. The fraction of sp³-hybridized carbons (Fsp3) is 0.875. The van der Waals surface area contributed by atoms with Gasteiger partial charge in [0.2, 0.25) is 0 Å². The summed E-state index contributed by atoms with van der Waals surface area (Å²) in [6, 6.07) is 0. The highest BCUT2D eigenvalue weighted by Crippen LogP contribution is 1.62. The largest absolute Gasteiger partial charge is 0.550 e. The first-order valence-corrected chi connectivity index (χ1v) is 4.14. The van der Waals surface area contributed by atoms with Crippen LogP contribution in [-0.4, -0.2) is 24.5 Å². The van der Waals surface area contributed by atoms with Gasteiger partial charge >= 0.3 is 0 Å². The van der Waals surface area contributed by atoms with E-state index in [-0.39, 0.29) is 5.48 Å². The maximum atomic E-state index is 8.89. The minimum Gasteiger partial charge on any atom is -0.550 e. The molecule has 0 bridgehead atoms. The molecule has 0 atom stereocenters. The van der Waals surface area contributed by atoms with E-state index >= 15 is 0 Å². The lowest BCUT2D eigenvalue weighted by molar-refractivity contribution is -0.654. The number of rotatable bonds is 4. The van der Waals surface area contributed by atoms with Crippen molar-refractivity contribution in [2.75, 3.05) is 13.1 Å². The summed E-state index contributed by atoms with van der Waals surface area (Å²) < 4.78 is 0. The number of nitrogens with two attached hydrogens (primary N) is 1. The zero-order valence-corrected chi connectivity index (χ0v) is 8.22. The Labute approximate surface area is 74.3 Å². The van der Waals surface area contributed by atoms with Crippen LogP contribution in [0.5, 0.6) is 0 Å². The van der Waals surface area contributed by atoms with E-state index in [1.54, 1.807) is 0 Å². The molecular formula is C8H21NO3. The van der Waals surface area contributed by atoms with Crippen molar-refractivity contribution in [2.45, 2.75) is 33.6 Å². The molecular weight excluding hydrogens is 158 g/mol. The second-order valence-corrected chi connectivity index (χ2v) is 2.36. The quantitative estimate of drug-likeness (QED) is 0.521. The topological polar surface area (TPSA) is 88.2 Å². The van der Waals surface area contributed by atoms with Gasteiger partial charge in [-0.3, -0.25) is 0 Å². The van der Waals surface area contributed by atoms with E-state index in [0.717, 1.165) is 6.92 Å². The van der Waals surface area contributed by atoms with Gasteiger partial charge in [0, 0.05) is 5.97 Å². The maximum absolute atomic E-state index is 8.89. The normalized spacial score (nSPS) is 7.58. The number of carbonyl (C=O) groups is 1. The standard InChI is InChI=1S/C6H15N.C2H4O2.H2O/c1-3-5-7-6-4-2;1-2(3)4;/h7H,3-6H2,1-2H3;1H3,(H,3,4);1H2. The van der Waals surface area contributed by atoms with Crippen molar-refractivity contribution >= 4 is 5.97 Å². The minimum atomic E-state index is -1.08. The summed E-state index contributed by atoms with van der Waals surface area (Å²) in [7, 11) is 0. The Hall–Kier alpha value is -0.610. The molecule has 0 aromatic carbocycles. The van der Waals surface area contributed by atoms with E-state index in [1.807, 2.05) is 0 Å². The lowest BCUT2D eigenvalue weighted by atomic mass is 10.4. The molecule has 12 heavy (non-hydrogen) atoms. The number of carboxylic acids is 1. The van der Waals surface area contributed by atoms with Gasteiger partial charge in [-0.05, 0) is 19.8 Å². The number of hydrogen-bond acceptors (Lipinski definition) is 2. The van der Waals surface area contributed by atoms with Gasteiger partial charge in [0.05, 0.1) is 13.1 Å². The van der Waals surface area contributed by atoms with Crippen molar-refractivity contribution < 1.29 is 20.7 Å². The van der Waals surface area contributed by atoms with Gasteiger partial charge in [-0.15, -0.1) is 0 Å². The molecule has 0 unspecified atom stereocenters. The van der Waals surface area contributed by atoms with Gasteiger partial charge in [-0.1, -0.05) is 13.8 Å². The van der Waals surface area contributed by atoms with Crippen LogP contribution in [0.15, 0.2) is 0 Å². The second kappa shape index (κ2) is 16.8. The number of carboxylic acid groups (broad SMARTS) is 1. The molecule has 0 saturated heterocycles. The van der Waals surface area contributed by atoms with Crippen LogP contribution in [0.4, 0.5) is 0 Å². The average Bonchev–Trinajstić information content (AvgIpc) is 1.88. The van der Waals surface area contributed by atoms with E-state index in [1.165, 1.54) is 25.9 Å². The second-order valence-electron chi connectivity index (χ2n) is 2.36. The van der Waals surface area contributed by atoms with E-state index in [2.05, 4.69) is 19.2 Å². The summed E-state index contributed by atoms with van der Waals surface area (Å²) in [5.74, 6) is -1.08. The molecule has 0 rings (SSSR count).